The second kappa shape index (κ2) is 27.0. The van der Waals surface area contributed by atoms with E-state index in [-0.39, 0.29) is 50.7 Å². The molecule has 0 unspecified atom stereocenters. The number of esters is 2. The van der Waals surface area contributed by atoms with Gasteiger partial charge in [-0.1, -0.05) is 146 Å². The Kier molecular flexibility index (Phi) is 20.1. The van der Waals surface area contributed by atoms with Gasteiger partial charge in [-0.2, -0.15) is 0 Å². The van der Waals surface area contributed by atoms with E-state index in [4.69, 9.17) is 9.47 Å². The topological polar surface area (TPSA) is 265 Å². The van der Waals surface area contributed by atoms with E-state index in [0.29, 0.717) is 16.7 Å². The predicted octanol–water partition coefficient (Wildman–Crippen LogP) is 4.37. The summed E-state index contributed by atoms with van der Waals surface area (Å²) in [6, 6.07) is 38.7. The minimum Gasteiger partial charge on any atom is -0.469 e. The summed E-state index contributed by atoms with van der Waals surface area (Å²) in [5.41, 5.74) is 3.13. The minimum absolute atomic E-state index is 0.0280. The molecule has 19 heteroatoms. The van der Waals surface area contributed by atoms with Crippen LogP contribution in [0.1, 0.15) is 40.7 Å². The van der Waals surface area contributed by atoms with Gasteiger partial charge in [-0.15, -0.1) is 0 Å². The number of phosphoric ester groups is 1. The molecule has 6 aromatic carbocycles. The maximum absolute atomic E-state index is 14.8. The first-order valence-electron chi connectivity index (χ1n) is 23.6. The normalized spacial score (nSPS) is 13.1. The molecule has 0 aliphatic rings. The molecule has 5 atom stereocenters. The van der Waals surface area contributed by atoms with Gasteiger partial charge in [-0.3, -0.25) is 38.6 Å². The second-order valence-corrected chi connectivity index (χ2v) is 18.5. The summed E-state index contributed by atoms with van der Waals surface area (Å²) in [6.45, 7) is 0. The van der Waals surface area contributed by atoms with Crippen molar-refractivity contribution in [2.24, 2.45) is 0 Å². The van der Waals surface area contributed by atoms with Crippen molar-refractivity contribution in [3.8, 4) is 5.75 Å². The summed E-state index contributed by atoms with van der Waals surface area (Å²) in [4.78, 5) is 115. The SMILES string of the molecule is COC(=O)CC[C@@H](NC(=O)[C@@H](Cc1ccc(OP(=O)(O)O)cc1)NC(=O)[C@@H](Cc1ccccc1)NC(=O)[C@@H](Cc1ccccc1)NC(=O)[C@@H](Cc1ccccc1)NC(=O)Cc1ccc2ccccc2c1)C(=O)OC. The molecule has 18 nitrogen and oxygen atoms in total. The number of hydrogen-bond donors (Lipinski definition) is 7. The van der Waals surface area contributed by atoms with Crippen molar-refractivity contribution in [1.82, 2.24) is 26.6 Å². The van der Waals surface area contributed by atoms with Crippen LogP contribution in [0.5, 0.6) is 5.75 Å². The van der Waals surface area contributed by atoms with Gasteiger partial charge < -0.3 is 40.6 Å². The minimum atomic E-state index is -4.91. The van der Waals surface area contributed by atoms with Crippen molar-refractivity contribution in [3.05, 3.63) is 186 Å². The van der Waals surface area contributed by atoms with Crippen molar-refractivity contribution in [3.63, 3.8) is 0 Å². The van der Waals surface area contributed by atoms with Gasteiger partial charge in [0.05, 0.1) is 20.6 Å². The molecule has 0 aliphatic carbocycles. The van der Waals surface area contributed by atoms with Crippen molar-refractivity contribution >= 4 is 60.1 Å². The molecule has 0 aromatic heterocycles. The highest BCUT2D eigenvalue weighted by atomic mass is 31.2. The number of benzene rings is 6. The number of nitrogens with one attached hydrogen (secondary N) is 5. The zero-order valence-corrected chi connectivity index (χ0v) is 41.6. The molecule has 0 saturated carbocycles. The number of carbonyl (C=O) groups excluding carboxylic acids is 7. The summed E-state index contributed by atoms with van der Waals surface area (Å²) >= 11 is 0. The van der Waals surface area contributed by atoms with E-state index < -0.39 is 79.5 Å². The standard InChI is InChI=1S/C55H58N5O13P/c1-71-50(62)29-28-44(55(67)72-2)57-52(64)48(34-39-23-26-43(27-24-39)73-74(68,69)70)60-54(66)47(33-38-18-10-5-11-19-38)59-53(65)46(32-37-16-8-4-9-17-37)58-51(63)45(31-36-14-6-3-7-15-36)56-49(61)35-40-22-25-41-20-12-13-21-42(41)30-40/h3-27,30,44-48H,28-29,31-35H2,1-2H3,(H,56,61)(H,57,64)(H,58,63)(H,59,65)(H,60,66)(H2,68,69,70)/t44-,45-,46-,47-,48-/m1/s1. The second-order valence-electron chi connectivity index (χ2n) is 17.4. The average molecular weight is 1030 g/mol. The van der Waals surface area contributed by atoms with Crippen LogP contribution >= 0.6 is 7.82 Å². The molecule has 5 amide bonds. The predicted molar refractivity (Wildman–Crippen MR) is 274 cm³/mol. The van der Waals surface area contributed by atoms with Crippen molar-refractivity contribution in [2.45, 2.75) is 75.2 Å². The van der Waals surface area contributed by atoms with Crippen molar-refractivity contribution < 1.29 is 61.9 Å². The Bertz CT molecular complexity index is 2920. The third-order valence-corrected chi connectivity index (χ3v) is 12.3. The monoisotopic (exact) mass is 1030 g/mol. The fourth-order valence-corrected chi connectivity index (χ4v) is 8.47. The summed E-state index contributed by atoms with van der Waals surface area (Å²) in [6.07, 6.45) is -0.830. The van der Waals surface area contributed by atoms with Gasteiger partial charge in [-0.25, -0.2) is 9.36 Å². The first-order chi connectivity index (χ1) is 35.5. The van der Waals surface area contributed by atoms with Gasteiger partial charge in [0.2, 0.25) is 29.5 Å². The highest BCUT2D eigenvalue weighted by molar-refractivity contribution is 7.46. The molecule has 7 N–H and O–H groups in total. The molecule has 6 rings (SSSR count). The summed E-state index contributed by atoms with van der Waals surface area (Å²) in [7, 11) is -2.66. The molecular formula is C55H58N5O13P. The molecule has 0 fully saturated rings. The number of methoxy groups -OCH3 is 2. The van der Waals surface area contributed by atoms with Gasteiger partial charge in [0.15, 0.2) is 0 Å². The van der Waals surface area contributed by atoms with Crippen LogP contribution in [0.2, 0.25) is 0 Å². The maximum atomic E-state index is 14.8. The fraction of sp³-hybridized carbons (Fsp3) is 0.255. The van der Waals surface area contributed by atoms with Crippen molar-refractivity contribution in [1.29, 1.82) is 0 Å². The van der Waals surface area contributed by atoms with E-state index in [2.05, 4.69) is 31.1 Å². The number of rotatable bonds is 25. The lowest BCUT2D eigenvalue weighted by atomic mass is 10.00. The zero-order valence-electron chi connectivity index (χ0n) is 40.7. The lowest BCUT2D eigenvalue weighted by Crippen LogP contribution is -2.60. The van der Waals surface area contributed by atoms with Crippen LogP contribution in [-0.4, -0.2) is 95.7 Å². The largest absolute Gasteiger partial charge is 0.524 e. The van der Waals surface area contributed by atoms with E-state index in [1.54, 1.807) is 60.7 Å². The molecule has 386 valence electrons. The third kappa shape index (κ3) is 17.5. The Hall–Kier alpha value is -8.18. The Morgan fingerprint density at radius 1 is 0.459 bits per heavy atom. The van der Waals surface area contributed by atoms with Gasteiger partial charge in [-0.05, 0) is 57.1 Å². The quantitative estimate of drug-likeness (QED) is 0.0311. The van der Waals surface area contributed by atoms with Crippen LogP contribution in [0.25, 0.3) is 10.8 Å². The fourth-order valence-electron chi connectivity index (χ4n) is 8.07. The van der Waals surface area contributed by atoms with Gasteiger partial charge in [0.1, 0.15) is 36.0 Å². The summed E-state index contributed by atoms with van der Waals surface area (Å²) in [5.74, 6) is -5.32. The summed E-state index contributed by atoms with van der Waals surface area (Å²) < 4.78 is 25.7. The number of hydrogen-bond acceptors (Lipinski definition) is 11. The van der Waals surface area contributed by atoms with Crippen LogP contribution in [0, 0.1) is 0 Å². The molecule has 0 radical (unpaired) electrons. The first kappa shape index (κ1) is 55.1. The molecule has 0 aliphatic heterocycles. The zero-order chi connectivity index (χ0) is 53.0. The highest BCUT2D eigenvalue weighted by Crippen LogP contribution is 2.37. The Labute approximate surface area is 427 Å². The van der Waals surface area contributed by atoms with Crippen LogP contribution < -0.4 is 31.1 Å². The summed E-state index contributed by atoms with van der Waals surface area (Å²) in [5, 5.41) is 15.8. The molecule has 74 heavy (non-hydrogen) atoms. The van der Waals surface area contributed by atoms with Gasteiger partial charge >= 0.3 is 19.8 Å². The van der Waals surface area contributed by atoms with E-state index >= 15 is 0 Å². The third-order valence-electron chi connectivity index (χ3n) is 11.8. The molecule has 0 bridgehead atoms. The maximum Gasteiger partial charge on any atom is 0.524 e. The number of amides is 5. The van der Waals surface area contributed by atoms with E-state index in [1.165, 1.54) is 24.3 Å². The Morgan fingerprint density at radius 3 is 1.28 bits per heavy atom. The Balaban J connectivity index is 1.28. The lowest BCUT2D eigenvalue weighted by Gasteiger charge is -2.27. The van der Waals surface area contributed by atoms with Gasteiger partial charge in [0.25, 0.3) is 0 Å². The molecular weight excluding hydrogens is 970 g/mol. The Morgan fingerprint density at radius 2 is 0.851 bits per heavy atom. The molecule has 0 heterocycles. The number of carbonyl (C=O) groups is 7. The van der Waals surface area contributed by atoms with Crippen LogP contribution in [0.3, 0.4) is 0 Å². The number of phosphoric acid groups is 1. The van der Waals surface area contributed by atoms with Crippen molar-refractivity contribution in [2.75, 3.05) is 14.2 Å². The number of fused-ring (bicyclic) bond motifs is 1. The smallest absolute Gasteiger partial charge is 0.469 e. The average Bonchev–Trinajstić information content (AvgIpc) is 3.39. The van der Waals surface area contributed by atoms with Crippen LogP contribution in [0.15, 0.2) is 158 Å². The first-order valence-corrected chi connectivity index (χ1v) is 25.2. The lowest BCUT2D eigenvalue weighted by molar-refractivity contribution is -0.146. The van der Waals surface area contributed by atoms with E-state index in [0.717, 1.165) is 36.1 Å². The number of ether oxygens (including phenoxy) is 2. The van der Waals surface area contributed by atoms with E-state index in [9.17, 15) is 47.9 Å². The molecule has 0 spiro atoms. The van der Waals surface area contributed by atoms with Crippen LogP contribution in [-0.2, 0) is 79.7 Å². The van der Waals surface area contributed by atoms with Crippen LogP contribution in [0.4, 0.5) is 0 Å². The molecule has 0 saturated heterocycles. The van der Waals surface area contributed by atoms with Gasteiger partial charge in [0, 0.05) is 32.1 Å². The van der Waals surface area contributed by atoms with E-state index in [1.807, 2.05) is 72.8 Å². The highest BCUT2D eigenvalue weighted by Gasteiger charge is 2.34. The molecule has 6 aromatic rings.